The SMILES string of the molecule is CNC(=O)C1CCCCN1CCCC(=O)c1cccs1. The van der Waals surface area contributed by atoms with E-state index in [1.54, 1.807) is 7.05 Å². The number of nitrogens with zero attached hydrogens (tertiary/aromatic N) is 1. The van der Waals surface area contributed by atoms with E-state index < -0.39 is 0 Å². The van der Waals surface area contributed by atoms with Crippen LogP contribution in [-0.4, -0.2) is 42.8 Å². The van der Waals surface area contributed by atoms with Crippen LogP contribution in [0.3, 0.4) is 0 Å². The van der Waals surface area contributed by atoms with Gasteiger partial charge in [0.25, 0.3) is 0 Å². The Balaban J connectivity index is 1.79. The van der Waals surface area contributed by atoms with Crippen molar-refractivity contribution in [3.05, 3.63) is 22.4 Å². The van der Waals surface area contributed by atoms with E-state index in [4.69, 9.17) is 0 Å². The summed E-state index contributed by atoms with van der Waals surface area (Å²) in [5, 5.41) is 4.67. The highest BCUT2D eigenvalue weighted by molar-refractivity contribution is 7.12. The summed E-state index contributed by atoms with van der Waals surface area (Å²) < 4.78 is 0. The van der Waals surface area contributed by atoms with Crippen LogP contribution in [0.1, 0.15) is 41.8 Å². The molecule has 0 saturated carbocycles. The molecule has 1 amide bonds. The van der Waals surface area contributed by atoms with E-state index in [0.717, 1.165) is 43.6 Å². The number of carbonyl (C=O) groups is 2. The minimum absolute atomic E-state index is 0.00871. The summed E-state index contributed by atoms with van der Waals surface area (Å²) in [5.41, 5.74) is 0. The van der Waals surface area contributed by atoms with Crippen LogP contribution in [0.4, 0.5) is 0 Å². The third-order valence-electron chi connectivity index (χ3n) is 3.81. The number of carbonyl (C=O) groups excluding carboxylic acids is 2. The fraction of sp³-hybridized carbons (Fsp3) is 0.600. The van der Waals surface area contributed by atoms with Crippen LogP contribution in [0.5, 0.6) is 0 Å². The first-order valence-electron chi connectivity index (χ1n) is 7.24. The maximum Gasteiger partial charge on any atom is 0.237 e. The number of nitrogens with one attached hydrogen (secondary N) is 1. The number of ketones is 1. The molecule has 1 aromatic heterocycles. The lowest BCUT2D eigenvalue weighted by molar-refractivity contribution is -0.127. The molecule has 1 aromatic rings. The van der Waals surface area contributed by atoms with Crippen molar-refractivity contribution < 1.29 is 9.59 Å². The van der Waals surface area contributed by atoms with Crippen LogP contribution < -0.4 is 5.32 Å². The van der Waals surface area contributed by atoms with Crippen LogP contribution in [-0.2, 0) is 4.79 Å². The van der Waals surface area contributed by atoms with Crippen LogP contribution >= 0.6 is 11.3 Å². The van der Waals surface area contributed by atoms with Gasteiger partial charge in [-0.2, -0.15) is 0 Å². The number of amides is 1. The molecule has 0 aliphatic carbocycles. The molecule has 0 bridgehead atoms. The first-order valence-corrected chi connectivity index (χ1v) is 8.12. The van der Waals surface area contributed by atoms with Crippen molar-refractivity contribution >= 4 is 23.0 Å². The quantitative estimate of drug-likeness (QED) is 0.819. The van der Waals surface area contributed by atoms with Crippen LogP contribution in [0.2, 0.25) is 0 Å². The second-order valence-electron chi connectivity index (χ2n) is 5.17. The molecule has 4 nitrogen and oxygen atoms in total. The van der Waals surface area contributed by atoms with Gasteiger partial charge in [-0.3, -0.25) is 14.5 Å². The first-order chi connectivity index (χ1) is 9.72. The van der Waals surface area contributed by atoms with Gasteiger partial charge < -0.3 is 5.32 Å². The zero-order chi connectivity index (χ0) is 14.4. The Labute approximate surface area is 124 Å². The van der Waals surface area contributed by atoms with Gasteiger partial charge in [-0.05, 0) is 43.8 Å². The Hall–Kier alpha value is -1.20. The molecule has 2 rings (SSSR count). The number of likely N-dealkylation sites (tertiary alicyclic amines) is 1. The molecule has 1 fully saturated rings. The lowest BCUT2D eigenvalue weighted by atomic mass is 10.0. The third kappa shape index (κ3) is 3.90. The monoisotopic (exact) mass is 294 g/mol. The number of Topliss-reactive ketones (excluding diaryl/α,β-unsaturated/α-hetero) is 1. The molecule has 1 aliphatic heterocycles. The highest BCUT2D eigenvalue weighted by atomic mass is 32.1. The molecule has 1 atom stereocenters. The number of hydrogen-bond acceptors (Lipinski definition) is 4. The van der Waals surface area contributed by atoms with Gasteiger partial charge >= 0.3 is 0 Å². The average molecular weight is 294 g/mol. The third-order valence-corrected chi connectivity index (χ3v) is 4.72. The minimum atomic E-state index is -0.00871. The van der Waals surface area contributed by atoms with Crippen LogP contribution in [0, 0.1) is 0 Å². The number of rotatable bonds is 6. The molecule has 110 valence electrons. The molecule has 1 saturated heterocycles. The zero-order valence-corrected chi connectivity index (χ0v) is 12.7. The highest BCUT2D eigenvalue weighted by Crippen LogP contribution is 2.18. The summed E-state index contributed by atoms with van der Waals surface area (Å²) in [5.74, 6) is 0.322. The largest absolute Gasteiger partial charge is 0.358 e. The van der Waals surface area contributed by atoms with E-state index in [-0.39, 0.29) is 17.7 Å². The fourth-order valence-corrected chi connectivity index (χ4v) is 3.42. The summed E-state index contributed by atoms with van der Waals surface area (Å²) >= 11 is 1.50. The van der Waals surface area contributed by atoms with Gasteiger partial charge in [-0.15, -0.1) is 11.3 Å². The topological polar surface area (TPSA) is 49.4 Å². The molecular formula is C15H22N2O2S. The lowest BCUT2D eigenvalue weighted by Gasteiger charge is -2.34. The zero-order valence-electron chi connectivity index (χ0n) is 11.9. The molecule has 20 heavy (non-hydrogen) atoms. The van der Waals surface area contributed by atoms with Gasteiger partial charge in [0.15, 0.2) is 5.78 Å². The molecule has 0 radical (unpaired) electrons. The summed E-state index contributed by atoms with van der Waals surface area (Å²) in [7, 11) is 1.69. The lowest BCUT2D eigenvalue weighted by Crippen LogP contribution is -2.48. The van der Waals surface area contributed by atoms with E-state index in [9.17, 15) is 9.59 Å². The summed E-state index contributed by atoms with van der Waals surface area (Å²) in [6, 6.07) is 3.77. The normalized spacial score (nSPS) is 19.8. The van der Waals surface area contributed by atoms with Gasteiger partial charge in [0.2, 0.25) is 5.91 Å². The van der Waals surface area contributed by atoms with Gasteiger partial charge in [0.1, 0.15) is 0 Å². The van der Waals surface area contributed by atoms with Gasteiger partial charge in [-0.25, -0.2) is 0 Å². The second kappa shape index (κ2) is 7.55. The van der Waals surface area contributed by atoms with Crippen molar-refractivity contribution in [1.29, 1.82) is 0 Å². The van der Waals surface area contributed by atoms with Gasteiger partial charge in [-0.1, -0.05) is 12.5 Å². The summed E-state index contributed by atoms with van der Waals surface area (Å²) in [6.45, 7) is 1.79. The molecule has 1 aliphatic rings. The van der Waals surface area contributed by atoms with Gasteiger partial charge in [0.05, 0.1) is 10.9 Å². The summed E-state index contributed by atoms with van der Waals surface area (Å²) in [4.78, 5) is 26.8. The van der Waals surface area contributed by atoms with Crippen molar-refractivity contribution in [3.63, 3.8) is 0 Å². The maximum absolute atomic E-state index is 11.9. The molecule has 5 heteroatoms. The predicted molar refractivity (Wildman–Crippen MR) is 81.2 cm³/mol. The molecule has 0 aromatic carbocycles. The Kier molecular flexibility index (Phi) is 5.73. The summed E-state index contributed by atoms with van der Waals surface area (Å²) in [6.07, 6.45) is 4.58. The number of thiophene rings is 1. The molecule has 1 unspecified atom stereocenters. The second-order valence-corrected chi connectivity index (χ2v) is 6.11. The van der Waals surface area contributed by atoms with Crippen molar-refractivity contribution in [1.82, 2.24) is 10.2 Å². The Morgan fingerprint density at radius 3 is 3.00 bits per heavy atom. The van der Waals surface area contributed by atoms with Crippen LogP contribution in [0.25, 0.3) is 0 Å². The van der Waals surface area contributed by atoms with E-state index in [1.165, 1.54) is 11.3 Å². The fourth-order valence-electron chi connectivity index (χ4n) is 2.73. The number of hydrogen-bond donors (Lipinski definition) is 1. The van der Waals surface area contributed by atoms with Crippen molar-refractivity contribution in [3.8, 4) is 0 Å². The van der Waals surface area contributed by atoms with Gasteiger partial charge in [0, 0.05) is 13.5 Å². The molecule has 1 N–H and O–H groups in total. The van der Waals surface area contributed by atoms with Crippen molar-refractivity contribution in [2.24, 2.45) is 0 Å². The van der Waals surface area contributed by atoms with Crippen molar-refractivity contribution in [2.45, 2.75) is 38.1 Å². The number of likely N-dealkylation sites (N-methyl/N-ethyl adjacent to an activating group) is 1. The van der Waals surface area contributed by atoms with E-state index >= 15 is 0 Å². The molecular weight excluding hydrogens is 272 g/mol. The Morgan fingerprint density at radius 1 is 1.45 bits per heavy atom. The van der Waals surface area contributed by atoms with E-state index in [0.29, 0.717) is 6.42 Å². The Bertz CT molecular complexity index is 445. The molecule has 0 spiro atoms. The molecule has 2 heterocycles. The maximum atomic E-state index is 11.9. The van der Waals surface area contributed by atoms with E-state index in [1.807, 2.05) is 17.5 Å². The first kappa shape index (κ1) is 15.2. The number of piperidine rings is 1. The smallest absolute Gasteiger partial charge is 0.237 e. The minimum Gasteiger partial charge on any atom is -0.358 e. The standard InChI is InChI=1S/C15H22N2O2S/c1-16-15(19)12-6-2-3-9-17(12)10-4-7-13(18)14-8-5-11-20-14/h5,8,11-12H,2-4,6-7,9-10H2,1H3,(H,16,19). The highest BCUT2D eigenvalue weighted by Gasteiger charge is 2.27. The Morgan fingerprint density at radius 2 is 2.30 bits per heavy atom. The average Bonchev–Trinajstić information content (AvgIpc) is 3.01. The van der Waals surface area contributed by atoms with E-state index in [2.05, 4.69) is 10.2 Å². The van der Waals surface area contributed by atoms with Crippen molar-refractivity contribution in [2.75, 3.05) is 20.1 Å². The van der Waals surface area contributed by atoms with Crippen LogP contribution in [0.15, 0.2) is 17.5 Å². The predicted octanol–water partition coefficient (Wildman–Crippen LogP) is 2.31.